The lowest BCUT2D eigenvalue weighted by atomic mass is 10.1. The minimum atomic E-state index is 0.0177. The van der Waals surface area contributed by atoms with Crippen LogP contribution in [0.1, 0.15) is 48.4 Å². The molecule has 4 rings (SSSR count). The molecule has 5 heteroatoms. The first-order valence-electron chi connectivity index (χ1n) is 11.1. The Balaban J connectivity index is 0.000000757. The van der Waals surface area contributed by atoms with Crippen molar-refractivity contribution in [1.29, 1.82) is 0 Å². The van der Waals surface area contributed by atoms with Crippen LogP contribution in [0.3, 0.4) is 0 Å². The van der Waals surface area contributed by atoms with E-state index in [1.807, 2.05) is 98.2 Å². The molecule has 0 aromatic heterocycles. The van der Waals surface area contributed by atoms with E-state index in [1.165, 1.54) is 0 Å². The number of hydrogen-bond donors (Lipinski definition) is 0. The summed E-state index contributed by atoms with van der Waals surface area (Å²) < 4.78 is 0.830. The maximum atomic E-state index is 13.0. The van der Waals surface area contributed by atoms with Gasteiger partial charge in [0.05, 0.1) is 39.8 Å². The molecule has 2 fully saturated rings. The van der Waals surface area contributed by atoms with Crippen molar-refractivity contribution in [1.82, 2.24) is 9.80 Å². The smallest absolute Gasteiger partial charge is 0.258 e. The van der Waals surface area contributed by atoms with Gasteiger partial charge < -0.3 is 9.38 Å². The summed E-state index contributed by atoms with van der Waals surface area (Å²) in [5.41, 5.74) is 1.43. The Hall–Kier alpha value is -2.66. The zero-order chi connectivity index (χ0) is 22.1. The SMILES string of the molecule is CC.CC.C[N+]12CCN(C(=O)c3ccccc3)CC1N(C(=O)c1ccccc1)CC2. The second-order valence-corrected chi connectivity index (χ2v) is 7.39. The zero-order valence-corrected chi connectivity index (χ0v) is 19.0. The Bertz CT molecular complexity index is 810. The molecule has 2 aromatic carbocycles. The average Bonchev–Trinajstić information content (AvgIpc) is 3.18. The summed E-state index contributed by atoms with van der Waals surface area (Å²) in [5, 5.41) is 0. The second kappa shape index (κ2) is 10.9. The predicted octanol–water partition coefficient (Wildman–Crippen LogP) is 4.12. The summed E-state index contributed by atoms with van der Waals surface area (Å²) in [6.45, 7) is 11.9. The Kier molecular flexibility index (Phi) is 8.60. The van der Waals surface area contributed by atoms with Crippen molar-refractivity contribution in [2.24, 2.45) is 0 Å². The third-order valence-electron chi connectivity index (χ3n) is 5.79. The molecule has 162 valence electrons. The number of carbonyl (C=O) groups is 2. The van der Waals surface area contributed by atoms with Crippen molar-refractivity contribution in [3.63, 3.8) is 0 Å². The number of piperazine rings is 1. The first-order valence-corrected chi connectivity index (χ1v) is 11.1. The van der Waals surface area contributed by atoms with Crippen LogP contribution in [-0.2, 0) is 0 Å². The van der Waals surface area contributed by atoms with Crippen LogP contribution in [-0.4, -0.2) is 72.0 Å². The van der Waals surface area contributed by atoms with Crippen molar-refractivity contribution in [3.05, 3.63) is 71.8 Å². The number of quaternary nitrogens is 1. The van der Waals surface area contributed by atoms with E-state index in [2.05, 4.69) is 7.05 Å². The Morgan fingerprint density at radius 1 is 0.767 bits per heavy atom. The zero-order valence-electron chi connectivity index (χ0n) is 19.0. The van der Waals surface area contributed by atoms with E-state index in [9.17, 15) is 9.59 Å². The van der Waals surface area contributed by atoms with Crippen LogP contribution in [0.25, 0.3) is 0 Å². The van der Waals surface area contributed by atoms with Crippen molar-refractivity contribution >= 4 is 11.8 Å². The van der Waals surface area contributed by atoms with E-state index >= 15 is 0 Å². The summed E-state index contributed by atoms with van der Waals surface area (Å²) in [4.78, 5) is 29.7. The topological polar surface area (TPSA) is 40.6 Å². The van der Waals surface area contributed by atoms with Gasteiger partial charge in [-0.05, 0) is 24.3 Å². The van der Waals surface area contributed by atoms with Gasteiger partial charge in [0.15, 0.2) is 6.17 Å². The van der Waals surface area contributed by atoms with Gasteiger partial charge in [0.25, 0.3) is 11.8 Å². The van der Waals surface area contributed by atoms with Gasteiger partial charge in [-0.25, -0.2) is 0 Å². The predicted molar refractivity (Wildman–Crippen MR) is 122 cm³/mol. The molecule has 2 aromatic rings. The fraction of sp³-hybridized carbons (Fsp3) is 0.440. The molecule has 0 bridgehead atoms. The summed E-state index contributed by atoms with van der Waals surface area (Å²) >= 11 is 0. The van der Waals surface area contributed by atoms with Gasteiger partial charge in [-0.3, -0.25) is 14.5 Å². The van der Waals surface area contributed by atoms with Gasteiger partial charge in [-0.15, -0.1) is 0 Å². The number of amides is 2. The molecule has 2 heterocycles. The Morgan fingerprint density at radius 2 is 1.23 bits per heavy atom. The molecule has 0 spiro atoms. The fourth-order valence-electron chi connectivity index (χ4n) is 4.10. The second-order valence-electron chi connectivity index (χ2n) is 7.39. The highest BCUT2D eigenvalue weighted by Gasteiger charge is 2.50. The molecular weight excluding hydrogens is 374 g/mol. The first-order chi connectivity index (χ1) is 14.6. The molecule has 2 aliphatic rings. The normalized spacial score (nSPS) is 22.1. The molecule has 2 amide bonds. The molecule has 0 radical (unpaired) electrons. The van der Waals surface area contributed by atoms with E-state index in [0.717, 1.165) is 30.7 Å². The third kappa shape index (κ3) is 4.90. The summed E-state index contributed by atoms with van der Waals surface area (Å²) in [6, 6.07) is 18.8. The van der Waals surface area contributed by atoms with Gasteiger partial charge in [0, 0.05) is 11.1 Å². The first kappa shape index (κ1) is 23.6. The quantitative estimate of drug-likeness (QED) is 0.699. The molecule has 2 atom stereocenters. The maximum Gasteiger partial charge on any atom is 0.258 e. The lowest BCUT2D eigenvalue weighted by Gasteiger charge is -2.45. The van der Waals surface area contributed by atoms with E-state index in [1.54, 1.807) is 0 Å². The minimum Gasteiger partial charge on any atom is -0.325 e. The molecule has 30 heavy (non-hydrogen) atoms. The molecule has 0 N–H and O–H groups in total. The minimum absolute atomic E-state index is 0.0177. The number of likely N-dealkylation sites (N-methyl/N-ethyl adjacent to an activating group) is 1. The summed E-state index contributed by atoms with van der Waals surface area (Å²) in [5.74, 6) is 0.113. The van der Waals surface area contributed by atoms with E-state index in [0.29, 0.717) is 17.7 Å². The number of nitrogens with zero attached hydrogens (tertiary/aromatic N) is 3. The van der Waals surface area contributed by atoms with Crippen molar-refractivity contribution in [3.8, 4) is 0 Å². The highest BCUT2D eigenvalue weighted by molar-refractivity contribution is 5.95. The van der Waals surface area contributed by atoms with Gasteiger partial charge in [-0.2, -0.15) is 0 Å². The largest absolute Gasteiger partial charge is 0.325 e. The molecule has 0 aliphatic carbocycles. The van der Waals surface area contributed by atoms with Crippen LogP contribution in [0.15, 0.2) is 60.7 Å². The lowest BCUT2D eigenvalue weighted by Crippen LogP contribution is -2.65. The monoisotopic (exact) mass is 410 g/mol. The van der Waals surface area contributed by atoms with Gasteiger partial charge >= 0.3 is 0 Å². The van der Waals surface area contributed by atoms with Gasteiger partial charge in [0.2, 0.25) is 0 Å². The van der Waals surface area contributed by atoms with Crippen LogP contribution >= 0.6 is 0 Å². The number of rotatable bonds is 2. The number of benzene rings is 2. The molecular formula is C25H36N3O2+. The lowest BCUT2D eigenvalue weighted by molar-refractivity contribution is -0.929. The molecule has 2 unspecified atom stereocenters. The van der Waals surface area contributed by atoms with E-state index in [4.69, 9.17) is 0 Å². The number of carbonyl (C=O) groups excluding carboxylic acids is 2. The molecule has 0 saturated carbocycles. The number of hydrogen-bond acceptors (Lipinski definition) is 2. The van der Waals surface area contributed by atoms with Crippen LogP contribution in [0.2, 0.25) is 0 Å². The maximum absolute atomic E-state index is 13.0. The highest BCUT2D eigenvalue weighted by atomic mass is 16.2. The summed E-state index contributed by atoms with van der Waals surface area (Å²) in [7, 11) is 2.20. The average molecular weight is 411 g/mol. The van der Waals surface area contributed by atoms with Crippen molar-refractivity contribution in [2.45, 2.75) is 33.9 Å². The number of fused-ring (bicyclic) bond motifs is 1. The fourth-order valence-corrected chi connectivity index (χ4v) is 4.10. The van der Waals surface area contributed by atoms with Crippen LogP contribution in [0, 0.1) is 0 Å². The van der Waals surface area contributed by atoms with Crippen molar-refractivity contribution < 1.29 is 14.1 Å². The van der Waals surface area contributed by atoms with Crippen molar-refractivity contribution in [2.75, 3.05) is 39.8 Å². The summed E-state index contributed by atoms with van der Waals surface area (Å²) in [6.07, 6.45) is 0.0177. The van der Waals surface area contributed by atoms with Crippen LogP contribution in [0.5, 0.6) is 0 Å². The van der Waals surface area contributed by atoms with Crippen LogP contribution < -0.4 is 0 Å². The van der Waals surface area contributed by atoms with E-state index in [-0.39, 0.29) is 18.0 Å². The molecule has 5 nitrogen and oxygen atoms in total. The molecule has 2 saturated heterocycles. The Labute approximate surface area is 181 Å². The van der Waals surface area contributed by atoms with Gasteiger partial charge in [0.1, 0.15) is 0 Å². The highest BCUT2D eigenvalue weighted by Crippen LogP contribution is 2.28. The van der Waals surface area contributed by atoms with Crippen LogP contribution in [0.4, 0.5) is 0 Å². The van der Waals surface area contributed by atoms with E-state index < -0.39 is 0 Å². The standard InChI is InChI=1S/C21H24N3O2.2C2H6/c1-24-14-12-22(20(25)17-8-4-2-5-9-17)16-19(24)23(13-15-24)21(26)18-10-6-3-7-11-18;2*1-2/h2-11,19H,12-16H2,1H3;2*1-2H3/q+1;;. The molecule has 2 aliphatic heterocycles. The Morgan fingerprint density at radius 3 is 1.77 bits per heavy atom. The van der Waals surface area contributed by atoms with Gasteiger partial charge in [-0.1, -0.05) is 64.1 Å². The third-order valence-corrected chi connectivity index (χ3v) is 5.79.